The summed E-state index contributed by atoms with van der Waals surface area (Å²) in [5, 5.41) is 24.3. The SMILES string of the molecule is CCNC(=O)CC(O)C(CC(C)C)NC(=O)[C@H](CC(C)C)NC(=O)C(Cc1cccc2ccccc12)Cc1cccc2ccccc12. The van der Waals surface area contributed by atoms with Crippen molar-refractivity contribution in [3.8, 4) is 0 Å². The zero-order chi connectivity index (χ0) is 33.9. The van der Waals surface area contributed by atoms with Gasteiger partial charge in [0.05, 0.1) is 18.6 Å². The van der Waals surface area contributed by atoms with Gasteiger partial charge in [-0.15, -0.1) is 0 Å². The van der Waals surface area contributed by atoms with Crippen molar-refractivity contribution < 1.29 is 19.5 Å². The van der Waals surface area contributed by atoms with Crippen LogP contribution in [0, 0.1) is 17.8 Å². The van der Waals surface area contributed by atoms with Gasteiger partial charge in [-0.2, -0.15) is 0 Å². The van der Waals surface area contributed by atoms with E-state index in [0.29, 0.717) is 32.2 Å². The monoisotopic (exact) mass is 637 g/mol. The molecule has 3 atom stereocenters. The first kappa shape index (κ1) is 35.6. The molecule has 7 heteroatoms. The van der Waals surface area contributed by atoms with Gasteiger partial charge >= 0.3 is 0 Å². The summed E-state index contributed by atoms with van der Waals surface area (Å²) >= 11 is 0. The van der Waals surface area contributed by atoms with Gasteiger partial charge in [-0.3, -0.25) is 14.4 Å². The van der Waals surface area contributed by atoms with Crippen LogP contribution in [-0.2, 0) is 27.2 Å². The van der Waals surface area contributed by atoms with Crippen LogP contribution >= 0.6 is 0 Å². The number of carbonyl (C=O) groups is 3. The Hall–Kier alpha value is -4.23. The van der Waals surface area contributed by atoms with Crippen molar-refractivity contribution in [2.24, 2.45) is 17.8 Å². The number of benzene rings is 4. The molecule has 0 aliphatic heterocycles. The zero-order valence-corrected chi connectivity index (χ0v) is 28.5. The molecule has 2 unspecified atom stereocenters. The van der Waals surface area contributed by atoms with Gasteiger partial charge in [0, 0.05) is 12.5 Å². The molecule has 0 radical (unpaired) electrons. The molecule has 0 aliphatic rings. The first-order chi connectivity index (χ1) is 22.5. The van der Waals surface area contributed by atoms with Crippen LogP contribution in [0.3, 0.4) is 0 Å². The van der Waals surface area contributed by atoms with Crippen molar-refractivity contribution in [1.29, 1.82) is 0 Å². The molecule has 47 heavy (non-hydrogen) atoms. The molecule has 250 valence electrons. The van der Waals surface area contributed by atoms with Gasteiger partial charge in [-0.25, -0.2) is 0 Å². The Morgan fingerprint density at radius 3 is 1.68 bits per heavy atom. The lowest BCUT2D eigenvalue weighted by Crippen LogP contribution is -2.54. The van der Waals surface area contributed by atoms with E-state index in [1.165, 1.54) is 0 Å². The number of fused-ring (bicyclic) bond motifs is 2. The first-order valence-electron chi connectivity index (χ1n) is 17.0. The highest BCUT2D eigenvalue weighted by atomic mass is 16.3. The Morgan fingerprint density at radius 2 is 1.17 bits per heavy atom. The molecule has 0 spiro atoms. The van der Waals surface area contributed by atoms with E-state index in [0.717, 1.165) is 32.7 Å². The Morgan fingerprint density at radius 1 is 0.660 bits per heavy atom. The standard InChI is InChI=1S/C40H51N3O4/c1-6-41-38(45)25-37(44)35(21-26(2)3)42-40(47)36(22-27(4)5)43-39(46)32(23-30-17-11-15-28-13-7-9-19-33(28)30)24-31-18-12-16-29-14-8-10-20-34(29)31/h7-20,26-27,32,35-37,44H,6,21-25H2,1-5H3,(H,41,45)(H,42,47)(H,43,46)/t35?,36-,37?/m0/s1. The topological polar surface area (TPSA) is 108 Å². The van der Waals surface area contributed by atoms with E-state index in [9.17, 15) is 19.5 Å². The largest absolute Gasteiger partial charge is 0.390 e. The van der Waals surface area contributed by atoms with Crippen molar-refractivity contribution >= 4 is 39.3 Å². The molecule has 0 saturated heterocycles. The summed E-state index contributed by atoms with van der Waals surface area (Å²) in [4.78, 5) is 40.5. The lowest BCUT2D eigenvalue weighted by atomic mass is 9.87. The fourth-order valence-corrected chi connectivity index (χ4v) is 6.43. The number of aliphatic hydroxyl groups excluding tert-OH is 1. The summed E-state index contributed by atoms with van der Waals surface area (Å²) in [5.74, 6) is -0.933. The molecule has 4 N–H and O–H groups in total. The molecule has 4 aromatic rings. The molecule has 0 bridgehead atoms. The summed E-state index contributed by atoms with van der Waals surface area (Å²) < 4.78 is 0. The highest BCUT2D eigenvalue weighted by Gasteiger charge is 2.31. The maximum atomic E-state index is 14.3. The van der Waals surface area contributed by atoms with Crippen molar-refractivity contribution in [3.05, 3.63) is 96.1 Å². The molecule has 0 heterocycles. The van der Waals surface area contributed by atoms with Gasteiger partial charge in [-0.05, 0) is 77.1 Å². The van der Waals surface area contributed by atoms with Crippen LogP contribution in [0.25, 0.3) is 21.5 Å². The molecule has 0 fully saturated rings. The molecule has 4 aromatic carbocycles. The van der Waals surface area contributed by atoms with Gasteiger partial charge in [-0.1, -0.05) is 113 Å². The summed E-state index contributed by atoms with van der Waals surface area (Å²) in [5.41, 5.74) is 2.16. The molecule has 0 saturated carbocycles. The highest BCUT2D eigenvalue weighted by Crippen LogP contribution is 2.27. The number of carbonyl (C=O) groups excluding carboxylic acids is 3. The Bertz CT molecular complexity index is 1560. The molecule has 7 nitrogen and oxygen atoms in total. The second-order valence-corrected chi connectivity index (χ2v) is 13.5. The summed E-state index contributed by atoms with van der Waals surface area (Å²) in [7, 11) is 0. The third-order valence-corrected chi connectivity index (χ3v) is 8.69. The lowest BCUT2D eigenvalue weighted by Gasteiger charge is -2.29. The number of amides is 3. The number of nitrogens with one attached hydrogen (secondary N) is 3. The maximum absolute atomic E-state index is 14.3. The maximum Gasteiger partial charge on any atom is 0.242 e. The Labute approximate surface area is 279 Å². The molecule has 0 aromatic heterocycles. The van der Waals surface area contributed by atoms with E-state index in [1.807, 2.05) is 71.0 Å². The third kappa shape index (κ3) is 10.1. The molecular weight excluding hydrogens is 586 g/mol. The highest BCUT2D eigenvalue weighted by molar-refractivity contribution is 5.91. The predicted molar refractivity (Wildman–Crippen MR) is 191 cm³/mol. The van der Waals surface area contributed by atoms with Crippen molar-refractivity contribution in [2.45, 2.75) is 84.9 Å². The third-order valence-electron chi connectivity index (χ3n) is 8.69. The van der Waals surface area contributed by atoms with E-state index in [1.54, 1.807) is 0 Å². The number of aliphatic hydroxyl groups is 1. The normalized spacial score (nSPS) is 13.6. The zero-order valence-electron chi connectivity index (χ0n) is 28.5. The fourth-order valence-electron chi connectivity index (χ4n) is 6.43. The second-order valence-electron chi connectivity index (χ2n) is 13.5. The quantitative estimate of drug-likeness (QED) is 0.115. The number of rotatable bonds is 16. The molecule has 4 rings (SSSR count). The van der Waals surface area contributed by atoms with E-state index in [4.69, 9.17) is 0 Å². The fraction of sp³-hybridized carbons (Fsp3) is 0.425. The Kier molecular flexibility index (Phi) is 12.9. The van der Waals surface area contributed by atoms with Crippen LogP contribution in [0.4, 0.5) is 0 Å². The van der Waals surface area contributed by atoms with E-state index in [-0.39, 0.29) is 36.0 Å². The van der Waals surface area contributed by atoms with Gasteiger partial charge < -0.3 is 21.1 Å². The predicted octanol–water partition coefficient (Wildman–Crippen LogP) is 6.34. The van der Waals surface area contributed by atoms with Crippen LogP contribution in [0.2, 0.25) is 0 Å². The van der Waals surface area contributed by atoms with E-state index >= 15 is 0 Å². The average Bonchev–Trinajstić information content (AvgIpc) is 3.03. The first-order valence-corrected chi connectivity index (χ1v) is 17.0. The summed E-state index contributed by atoms with van der Waals surface area (Å²) in [6.07, 6.45) is 0.799. The van der Waals surface area contributed by atoms with Crippen molar-refractivity contribution in [2.75, 3.05) is 6.54 Å². The summed E-state index contributed by atoms with van der Waals surface area (Å²) in [6.45, 7) is 10.4. The number of hydrogen-bond donors (Lipinski definition) is 4. The smallest absolute Gasteiger partial charge is 0.242 e. The minimum absolute atomic E-state index is 0.106. The number of hydrogen-bond acceptors (Lipinski definition) is 4. The van der Waals surface area contributed by atoms with Crippen molar-refractivity contribution in [3.63, 3.8) is 0 Å². The van der Waals surface area contributed by atoms with E-state index < -0.39 is 24.1 Å². The van der Waals surface area contributed by atoms with Gasteiger partial charge in [0.25, 0.3) is 0 Å². The second kappa shape index (κ2) is 17.1. The van der Waals surface area contributed by atoms with Gasteiger partial charge in [0.2, 0.25) is 17.7 Å². The summed E-state index contributed by atoms with van der Waals surface area (Å²) in [6, 6.07) is 27.4. The van der Waals surface area contributed by atoms with Crippen LogP contribution < -0.4 is 16.0 Å². The average molecular weight is 638 g/mol. The minimum atomic E-state index is -1.05. The van der Waals surface area contributed by atoms with Gasteiger partial charge in [0.1, 0.15) is 6.04 Å². The van der Waals surface area contributed by atoms with Crippen LogP contribution in [0.1, 0.15) is 65.0 Å². The van der Waals surface area contributed by atoms with E-state index in [2.05, 4.69) is 64.5 Å². The van der Waals surface area contributed by atoms with Crippen molar-refractivity contribution in [1.82, 2.24) is 16.0 Å². The Balaban J connectivity index is 1.62. The van der Waals surface area contributed by atoms with Gasteiger partial charge in [0.15, 0.2) is 0 Å². The minimum Gasteiger partial charge on any atom is -0.390 e. The molecular formula is C40H51N3O4. The molecule has 3 amide bonds. The van der Waals surface area contributed by atoms with Crippen LogP contribution in [0.5, 0.6) is 0 Å². The lowest BCUT2D eigenvalue weighted by molar-refractivity contribution is -0.132. The van der Waals surface area contributed by atoms with Crippen LogP contribution in [0.15, 0.2) is 84.9 Å². The molecule has 0 aliphatic carbocycles. The van der Waals surface area contributed by atoms with Crippen LogP contribution in [-0.4, -0.2) is 47.6 Å².